The summed E-state index contributed by atoms with van der Waals surface area (Å²) >= 11 is 5.68. The molecule has 170 valence electrons. The van der Waals surface area contributed by atoms with E-state index in [0.717, 1.165) is 48.3 Å². The molecule has 1 aromatic carbocycles. The Balaban J connectivity index is 1.39. The van der Waals surface area contributed by atoms with Gasteiger partial charge in [0.25, 0.3) is 0 Å². The first kappa shape index (κ1) is 24.3. The number of carbonyl (C=O) groups is 2. The van der Waals surface area contributed by atoms with Crippen molar-refractivity contribution in [3.05, 3.63) is 75.3 Å². The molecule has 2 atom stereocenters. The van der Waals surface area contributed by atoms with Crippen molar-refractivity contribution in [2.45, 2.75) is 45.1 Å². The van der Waals surface area contributed by atoms with Crippen molar-refractivity contribution in [3.8, 4) is 0 Å². The number of hydrogen-bond acceptors (Lipinski definition) is 4. The van der Waals surface area contributed by atoms with Crippen LogP contribution >= 0.6 is 24.0 Å². The lowest BCUT2D eigenvalue weighted by Gasteiger charge is -2.18. The van der Waals surface area contributed by atoms with E-state index in [4.69, 9.17) is 0 Å². The zero-order valence-corrected chi connectivity index (χ0v) is 20.0. The van der Waals surface area contributed by atoms with Gasteiger partial charge in [-0.1, -0.05) is 48.9 Å². The maximum absolute atomic E-state index is 12.8. The highest BCUT2D eigenvalue weighted by molar-refractivity contribution is 7.83. The fourth-order valence-electron chi connectivity index (χ4n) is 4.11. The molecule has 32 heavy (non-hydrogen) atoms. The predicted octanol–water partition coefficient (Wildman–Crippen LogP) is 5.38. The topological polar surface area (TPSA) is 58.2 Å². The first-order chi connectivity index (χ1) is 15.7. The van der Waals surface area contributed by atoms with Crippen LogP contribution in [0.1, 0.15) is 47.4 Å². The number of nitrogens with one attached hydrogen (secondary N) is 2. The Morgan fingerprint density at radius 2 is 1.72 bits per heavy atom. The molecule has 2 amide bonds. The third-order valence-corrected chi connectivity index (χ3v) is 7.02. The average molecular weight is 469 g/mol. The molecule has 2 N–H and O–H groups in total. The lowest BCUT2D eigenvalue weighted by Crippen LogP contribution is -2.39. The number of carbonyl (C=O) groups excluding carboxylic acids is 2. The largest absolute Gasteiger partial charge is 0.356 e. The first-order valence-corrected chi connectivity index (χ1v) is 12.7. The third-order valence-electron chi connectivity index (χ3n) is 5.80. The van der Waals surface area contributed by atoms with Gasteiger partial charge in [0.05, 0.1) is 6.54 Å². The van der Waals surface area contributed by atoms with Crippen LogP contribution < -0.4 is 10.6 Å². The van der Waals surface area contributed by atoms with Gasteiger partial charge in [-0.15, -0.1) is 11.3 Å². The molecule has 3 rings (SSSR count). The third kappa shape index (κ3) is 7.68. The van der Waals surface area contributed by atoms with Crippen LogP contribution in [0.4, 0.5) is 0 Å². The van der Waals surface area contributed by atoms with Crippen LogP contribution in [0.15, 0.2) is 60.0 Å². The van der Waals surface area contributed by atoms with Crippen LogP contribution in [0.25, 0.3) is 6.08 Å². The number of allylic oxidation sites excluding steroid dienone is 2. The fourth-order valence-corrected chi connectivity index (χ4v) is 5.08. The number of thiophene rings is 1. The molecule has 1 saturated carbocycles. The standard InChI is InChI=1S/C26H32N2O2S2/c29-25(27-17-6-4-11-20-9-2-1-3-10-20)23-13-8-14-24(23)26(30)28-19-22-16-15-21(32-22)12-5-7-18-31/h1-3,5,7,9-10,12,15-16,18,23-24,31H,4,6,8,11,13-14,17,19H2,(H,27,29)(H,28,30)/b12-5+,18-7-. The Bertz CT molecular complexity index is 921. The number of rotatable bonds is 11. The molecule has 1 fully saturated rings. The number of hydrogen-bond donors (Lipinski definition) is 3. The van der Waals surface area contributed by atoms with Gasteiger partial charge in [0, 0.05) is 28.1 Å². The van der Waals surface area contributed by atoms with E-state index in [0.29, 0.717) is 13.1 Å². The Morgan fingerprint density at radius 3 is 2.47 bits per heavy atom. The van der Waals surface area contributed by atoms with E-state index >= 15 is 0 Å². The Kier molecular flexibility index (Phi) is 10.1. The Morgan fingerprint density at radius 1 is 0.969 bits per heavy atom. The number of amides is 2. The minimum Gasteiger partial charge on any atom is -0.356 e. The van der Waals surface area contributed by atoms with E-state index in [-0.39, 0.29) is 23.7 Å². The number of aryl methyl sites for hydroxylation is 1. The molecule has 1 aliphatic carbocycles. The van der Waals surface area contributed by atoms with Gasteiger partial charge in [-0.05, 0) is 61.3 Å². The highest BCUT2D eigenvalue weighted by Crippen LogP contribution is 2.32. The number of benzene rings is 1. The molecular formula is C26H32N2O2S2. The van der Waals surface area contributed by atoms with Crippen LogP contribution in [0, 0.1) is 11.8 Å². The maximum Gasteiger partial charge on any atom is 0.224 e. The lowest BCUT2D eigenvalue weighted by molar-refractivity contribution is -0.133. The van der Waals surface area contributed by atoms with Crippen LogP contribution in [-0.2, 0) is 22.6 Å². The Hall–Kier alpha value is -2.31. The molecule has 6 heteroatoms. The van der Waals surface area contributed by atoms with Crippen LogP contribution in [-0.4, -0.2) is 18.4 Å². The second-order valence-electron chi connectivity index (χ2n) is 8.10. The molecule has 0 bridgehead atoms. The van der Waals surface area contributed by atoms with Crippen molar-refractivity contribution < 1.29 is 9.59 Å². The fraction of sp³-hybridized carbons (Fsp3) is 0.385. The van der Waals surface area contributed by atoms with Gasteiger partial charge in [-0.3, -0.25) is 9.59 Å². The summed E-state index contributed by atoms with van der Waals surface area (Å²) in [6.07, 6.45) is 11.3. The molecule has 0 aliphatic heterocycles. The van der Waals surface area contributed by atoms with Crippen molar-refractivity contribution in [1.29, 1.82) is 0 Å². The second-order valence-corrected chi connectivity index (χ2v) is 9.60. The molecule has 4 nitrogen and oxygen atoms in total. The van der Waals surface area contributed by atoms with Gasteiger partial charge in [0.2, 0.25) is 11.8 Å². The zero-order valence-electron chi connectivity index (χ0n) is 18.3. The van der Waals surface area contributed by atoms with Gasteiger partial charge >= 0.3 is 0 Å². The van der Waals surface area contributed by atoms with E-state index in [9.17, 15) is 9.59 Å². The monoisotopic (exact) mass is 468 g/mol. The molecule has 2 unspecified atom stereocenters. The quantitative estimate of drug-likeness (QED) is 0.236. The van der Waals surface area contributed by atoms with Crippen LogP contribution in [0.5, 0.6) is 0 Å². The predicted molar refractivity (Wildman–Crippen MR) is 137 cm³/mol. The highest BCUT2D eigenvalue weighted by atomic mass is 32.1. The molecule has 1 heterocycles. The SMILES string of the molecule is O=C(NCCCCc1ccccc1)C1CCCC1C(=O)NCc1ccc(/C=C/C=C\S)s1. The molecule has 2 aromatic rings. The van der Waals surface area contributed by atoms with Crippen molar-refractivity contribution in [1.82, 2.24) is 10.6 Å². The van der Waals surface area contributed by atoms with Gasteiger partial charge in [-0.25, -0.2) is 0 Å². The Labute approximate surface area is 200 Å². The van der Waals surface area contributed by atoms with Crippen molar-refractivity contribution in [2.75, 3.05) is 6.54 Å². The summed E-state index contributed by atoms with van der Waals surface area (Å²) in [6, 6.07) is 14.5. The summed E-state index contributed by atoms with van der Waals surface area (Å²) in [5.74, 6) is -0.406. The lowest BCUT2D eigenvalue weighted by atomic mass is 9.94. The maximum atomic E-state index is 12.8. The summed E-state index contributed by atoms with van der Waals surface area (Å²) in [4.78, 5) is 27.7. The normalized spacial score (nSPS) is 18.4. The molecule has 0 spiro atoms. The molecule has 1 aliphatic rings. The van der Waals surface area contributed by atoms with Gasteiger partial charge in [-0.2, -0.15) is 12.6 Å². The zero-order chi connectivity index (χ0) is 22.6. The first-order valence-electron chi connectivity index (χ1n) is 11.3. The van der Waals surface area contributed by atoms with E-state index < -0.39 is 0 Å². The van der Waals surface area contributed by atoms with Gasteiger partial charge < -0.3 is 10.6 Å². The molecule has 0 radical (unpaired) electrons. The average Bonchev–Trinajstić information content (AvgIpc) is 3.48. The summed E-state index contributed by atoms with van der Waals surface area (Å²) < 4.78 is 0. The van der Waals surface area contributed by atoms with Crippen molar-refractivity contribution >= 4 is 41.9 Å². The van der Waals surface area contributed by atoms with Crippen LogP contribution in [0.2, 0.25) is 0 Å². The summed E-state index contributed by atoms with van der Waals surface area (Å²) in [7, 11) is 0. The molecular weight excluding hydrogens is 436 g/mol. The smallest absolute Gasteiger partial charge is 0.224 e. The molecule has 1 aromatic heterocycles. The van der Waals surface area contributed by atoms with Crippen molar-refractivity contribution in [3.63, 3.8) is 0 Å². The van der Waals surface area contributed by atoms with E-state index in [1.54, 1.807) is 16.7 Å². The minimum absolute atomic E-state index is 0.00442. The summed E-state index contributed by atoms with van der Waals surface area (Å²) in [6.45, 7) is 1.18. The van der Waals surface area contributed by atoms with Gasteiger partial charge in [0.15, 0.2) is 0 Å². The van der Waals surface area contributed by atoms with E-state index in [1.807, 2.05) is 36.4 Å². The van der Waals surface area contributed by atoms with Crippen LogP contribution in [0.3, 0.4) is 0 Å². The van der Waals surface area contributed by atoms with Crippen molar-refractivity contribution in [2.24, 2.45) is 11.8 Å². The minimum atomic E-state index is -0.223. The van der Waals surface area contributed by atoms with E-state index in [2.05, 4.69) is 47.5 Å². The summed E-state index contributed by atoms with van der Waals surface area (Å²) in [5.41, 5.74) is 1.33. The van der Waals surface area contributed by atoms with E-state index in [1.165, 1.54) is 5.56 Å². The van der Waals surface area contributed by atoms with Gasteiger partial charge in [0.1, 0.15) is 0 Å². The molecule has 0 saturated heterocycles. The second kappa shape index (κ2) is 13.3. The number of thiol groups is 1. The number of unbranched alkanes of at least 4 members (excludes halogenated alkanes) is 1. The highest BCUT2D eigenvalue weighted by Gasteiger charge is 2.37. The summed E-state index contributed by atoms with van der Waals surface area (Å²) in [5, 5.41) is 7.79.